The number of halogens is 5. The van der Waals surface area contributed by atoms with Gasteiger partial charge in [0.05, 0.1) is 5.60 Å². The van der Waals surface area contributed by atoms with Crippen LogP contribution in [0.3, 0.4) is 0 Å². The van der Waals surface area contributed by atoms with Gasteiger partial charge in [-0.15, -0.1) is 0 Å². The van der Waals surface area contributed by atoms with Crippen LogP contribution < -0.4 is 5.32 Å². The van der Waals surface area contributed by atoms with Crippen LogP contribution >= 0.6 is 0 Å². The molecule has 0 saturated carbocycles. The summed E-state index contributed by atoms with van der Waals surface area (Å²) in [4.78, 5) is 0. The minimum Gasteiger partial charge on any atom is -0.380 e. The molecule has 0 aliphatic carbocycles. The lowest BCUT2D eigenvalue weighted by Gasteiger charge is -2.33. The lowest BCUT2D eigenvalue weighted by molar-refractivity contribution is -0.0348. The van der Waals surface area contributed by atoms with E-state index in [1.807, 2.05) is 13.8 Å². The Morgan fingerprint density at radius 2 is 1.24 bits per heavy atom. The van der Waals surface area contributed by atoms with Gasteiger partial charge in [-0.05, 0) is 39.0 Å². The van der Waals surface area contributed by atoms with E-state index in [-0.39, 0.29) is 18.1 Å². The van der Waals surface area contributed by atoms with Gasteiger partial charge in [0, 0.05) is 13.7 Å². The Hall–Kier alpha value is -1.37. The molecule has 2 nitrogen and oxygen atoms in total. The predicted molar refractivity (Wildman–Crippen MR) is 107 cm³/mol. The van der Waals surface area contributed by atoms with Crippen molar-refractivity contribution in [3.05, 3.63) is 29.1 Å². The minimum absolute atomic E-state index is 0.102. The number of anilines is 1. The molecule has 0 radical (unpaired) electrons. The van der Waals surface area contributed by atoms with Crippen molar-refractivity contribution in [2.24, 2.45) is 5.92 Å². The third-order valence-electron chi connectivity index (χ3n) is 5.66. The summed E-state index contributed by atoms with van der Waals surface area (Å²) < 4.78 is 72.7. The molecular weight excluding hydrogens is 389 g/mol. The average Bonchev–Trinajstić information content (AvgIpc) is 2.70. The normalized spacial score (nSPS) is 13.0. The molecule has 1 aromatic carbocycles. The molecule has 0 amide bonds. The molecule has 1 atom stereocenters. The van der Waals surface area contributed by atoms with Crippen molar-refractivity contribution in [3.63, 3.8) is 0 Å². The number of benzene rings is 1. The molecule has 0 aromatic heterocycles. The van der Waals surface area contributed by atoms with Crippen molar-refractivity contribution >= 4 is 5.69 Å². The molecule has 168 valence electrons. The van der Waals surface area contributed by atoms with Crippen LogP contribution in [0.4, 0.5) is 27.6 Å². The van der Waals surface area contributed by atoms with E-state index in [0.717, 1.165) is 25.7 Å². The Morgan fingerprint density at radius 3 is 1.79 bits per heavy atom. The Morgan fingerprint density at radius 1 is 0.759 bits per heavy atom. The zero-order valence-electron chi connectivity index (χ0n) is 17.9. The van der Waals surface area contributed by atoms with Crippen molar-refractivity contribution in [3.8, 4) is 0 Å². The van der Waals surface area contributed by atoms with Crippen molar-refractivity contribution in [2.75, 3.05) is 19.0 Å². The van der Waals surface area contributed by atoms with Crippen molar-refractivity contribution in [1.29, 1.82) is 0 Å². The monoisotopic (exact) mass is 423 g/mol. The van der Waals surface area contributed by atoms with Crippen molar-refractivity contribution < 1.29 is 26.7 Å². The number of ether oxygens (including phenoxy) is 1. The van der Waals surface area contributed by atoms with Gasteiger partial charge in [-0.25, -0.2) is 22.0 Å². The number of hydrogen-bond acceptors (Lipinski definition) is 2. The lowest BCUT2D eigenvalue weighted by atomic mass is 9.82. The first-order chi connectivity index (χ1) is 13.7. The second kappa shape index (κ2) is 12.4. The minimum atomic E-state index is -2.15. The summed E-state index contributed by atoms with van der Waals surface area (Å²) >= 11 is 0. The van der Waals surface area contributed by atoms with E-state index in [0.29, 0.717) is 6.42 Å². The number of methoxy groups -OCH3 is 1. The first-order valence-electron chi connectivity index (χ1n) is 10.5. The number of hydrogen-bond donors (Lipinski definition) is 1. The van der Waals surface area contributed by atoms with E-state index >= 15 is 0 Å². The van der Waals surface area contributed by atoms with Crippen molar-refractivity contribution in [1.82, 2.24) is 0 Å². The summed E-state index contributed by atoms with van der Waals surface area (Å²) in [6, 6.07) is 0. The molecule has 0 heterocycles. The maximum absolute atomic E-state index is 13.7. The van der Waals surface area contributed by atoms with E-state index in [9.17, 15) is 22.0 Å². The van der Waals surface area contributed by atoms with Gasteiger partial charge in [0.2, 0.25) is 5.82 Å². The van der Waals surface area contributed by atoms with Gasteiger partial charge in [0.15, 0.2) is 23.3 Å². The molecule has 7 heteroatoms. The Labute approximate surface area is 171 Å². The van der Waals surface area contributed by atoms with E-state index in [2.05, 4.69) is 12.2 Å². The first kappa shape index (κ1) is 25.7. The van der Waals surface area contributed by atoms with E-state index in [4.69, 9.17) is 4.74 Å². The molecule has 0 fully saturated rings. The van der Waals surface area contributed by atoms with Crippen molar-refractivity contribution in [2.45, 2.75) is 84.2 Å². The zero-order valence-corrected chi connectivity index (χ0v) is 17.9. The van der Waals surface area contributed by atoms with Gasteiger partial charge in [-0.2, -0.15) is 0 Å². The van der Waals surface area contributed by atoms with Crippen LogP contribution in [0.25, 0.3) is 0 Å². The molecule has 1 N–H and O–H groups in total. The summed E-state index contributed by atoms with van der Waals surface area (Å²) in [5.74, 6) is -9.45. The van der Waals surface area contributed by atoms with E-state index in [1.165, 1.54) is 25.7 Å². The fourth-order valence-electron chi connectivity index (χ4n) is 3.50. The van der Waals surface area contributed by atoms with Gasteiger partial charge < -0.3 is 10.1 Å². The number of unbranched alkanes of at least 4 members (excludes halogenated alkanes) is 5. The van der Waals surface area contributed by atoms with Gasteiger partial charge in [-0.1, -0.05) is 45.4 Å². The lowest BCUT2D eigenvalue weighted by Crippen LogP contribution is -2.33. The zero-order chi connectivity index (χ0) is 22.0. The molecule has 0 aliphatic rings. The van der Waals surface area contributed by atoms with Crippen LogP contribution in [0.5, 0.6) is 0 Å². The molecule has 0 bridgehead atoms. The average molecular weight is 424 g/mol. The molecule has 1 aromatic rings. The highest BCUT2D eigenvalue weighted by Crippen LogP contribution is 2.31. The third kappa shape index (κ3) is 7.43. The quantitative estimate of drug-likeness (QED) is 0.146. The summed E-state index contributed by atoms with van der Waals surface area (Å²) in [5.41, 5.74) is -1.33. The summed E-state index contributed by atoms with van der Waals surface area (Å²) in [5, 5.41) is 2.37. The Bertz CT molecular complexity index is 607. The molecule has 0 aliphatic heterocycles. The summed E-state index contributed by atoms with van der Waals surface area (Å²) in [7, 11) is 1.65. The first-order valence-corrected chi connectivity index (χ1v) is 10.5. The topological polar surface area (TPSA) is 21.3 Å². The van der Waals surface area contributed by atoms with Gasteiger partial charge >= 0.3 is 0 Å². The van der Waals surface area contributed by atoms with Crippen LogP contribution in [0.1, 0.15) is 78.6 Å². The highest BCUT2D eigenvalue weighted by atomic mass is 19.2. The number of rotatable bonds is 14. The van der Waals surface area contributed by atoms with Gasteiger partial charge in [0.1, 0.15) is 5.69 Å². The Kier molecular flexibility index (Phi) is 10.9. The second-order valence-corrected chi connectivity index (χ2v) is 8.07. The molecule has 1 rings (SSSR count). The SMILES string of the molecule is CCCCCCCCC(CCCNc1c(F)c(F)c(F)c(F)c1F)C(C)(C)OC. The van der Waals surface area contributed by atoms with Crippen LogP contribution in [0, 0.1) is 35.0 Å². The highest BCUT2D eigenvalue weighted by molar-refractivity contribution is 5.47. The van der Waals surface area contributed by atoms with E-state index in [1.54, 1.807) is 7.11 Å². The standard InChI is InChI=1S/C22H34F5NO/c1-5-6-7-8-9-10-12-15(22(2,3)29-4)13-11-14-28-21-19(26)17(24)16(23)18(25)20(21)27/h15,28H,5-14H2,1-4H3. The molecular formula is C22H34F5NO. The highest BCUT2D eigenvalue weighted by Gasteiger charge is 2.29. The smallest absolute Gasteiger partial charge is 0.200 e. The largest absolute Gasteiger partial charge is 0.380 e. The van der Waals surface area contributed by atoms with Crippen LogP contribution in [-0.4, -0.2) is 19.3 Å². The Balaban J connectivity index is 2.59. The number of nitrogens with one attached hydrogen (secondary N) is 1. The predicted octanol–water partition coefficient (Wildman–Crippen LogP) is 7.37. The van der Waals surface area contributed by atoms with Crippen LogP contribution in [-0.2, 0) is 4.74 Å². The second-order valence-electron chi connectivity index (χ2n) is 8.07. The molecule has 0 spiro atoms. The fourth-order valence-corrected chi connectivity index (χ4v) is 3.50. The van der Waals surface area contributed by atoms with E-state index < -0.39 is 34.8 Å². The fraction of sp³-hybridized carbons (Fsp3) is 0.727. The van der Waals surface area contributed by atoms with Crippen LogP contribution in [0.2, 0.25) is 0 Å². The summed E-state index contributed by atoms with van der Waals surface area (Å²) in [6.07, 6.45) is 9.33. The van der Waals surface area contributed by atoms with Crippen LogP contribution in [0.15, 0.2) is 0 Å². The molecule has 0 saturated heterocycles. The van der Waals surface area contributed by atoms with Gasteiger partial charge in [-0.3, -0.25) is 0 Å². The summed E-state index contributed by atoms with van der Waals surface area (Å²) in [6.45, 7) is 6.29. The molecule has 1 unspecified atom stereocenters. The maximum Gasteiger partial charge on any atom is 0.200 e. The molecule has 29 heavy (non-hydrogen) atoms. The van der Waals surface area contributed by atoms with Gasteiger partial charge in [0.25, 0.3) is 0 Å². The maximum atomic E-state index is 13.7. The third-order valence-corrected chi connectivity index (χ3v) is 5.66.